The van der Waals surface area contributed by atoms with Gasteiger partial charge in [0.15, 0.2) is 0 Å². The topological polar surface area (TPSA) is 62.7 Å². The third kappa shape index (κ3) is 3.57. The minimum Gasteiger partial charge on any atom is -0.372 e. The molecule has 2 aliphatic heterocycles. The molecular formula is C16H25N3O3S. The van der Waals surface area contributed by atoms with E-state index in [0.29, 0.717) is 25.7 Å². The molecule has 3 heterocycles. The van der Waals surface area contributed by atoms with Gasteiger partial charge < -0.3 is 4.74 Å². The van der Waals surface area contributed by atoms with Gasteiger partial charge in [-0.3, -0.25) is 9.88 Å². The Morgan fingerprint density at radius 1 is 1.48 bits per heavy atom. The first-order valence-corrected chi connectivity index (χ1v) is 9.77. The van der Waals surface area contributed by atoms with Crippen LogP contribution in [0.5, 0.6) is 0 Å². The molecule has 0 aliphatic carbocycles. The Balaban J connectivity index is 1.60. The van der Waals surface area contributed by atoms with E-state index in [9.17, 15) is 8.42 Å². The molecule has 2 fully saturated rings. The number of likely N-dealkylation sites (N-methyl/N-ethyl adjacent to an activating group) is 1. The highest BCUT2D eigenvalue weighted by Crippen LogP contribution is 2.37. The number of nitrogens with zero attached hydrogens (tertiary/aromatic N) is 3. The van der Waals surface area contributed by atoms with Crippen LogP contribution in [-0.4, -0.2) is 66.7 Å². The Morgan fingerprint density at radius 3 is 3.00 bits per heavy atom. The number of rotatable bonds is 5. The van der Waals surface area contributed by atoms with E-state index in [1.165, 1.54) is 0 Å². The summed E-state index contributed by atoms with van der Waals surface area (Å²) >= 11 is 0. The molecule has 0 N–H and O–H groups in total. The van der Waals surface area contributed by atoms with Crippen LogP contribution in [0, 0.1) is 0 Å². The van der Waals surface area contributed by atoms with Crippen molar-refractivity contribution in [2.75, 3.05) is 32.5 Å². The number of hydrogen-bond acceptors (Lipinski definition) is 5. The van der Waals surface area contributed by atoms with Gasteiger partial charge in [-0.05, 0) is 38.9 Å². The quantitative estimate of drug-likeness (QED) is 0.804. The summed E-state index contributed by atoms with van der Waals surface area (Å²) in [5, 5.41) is 0. The summed E-state index contributed by atoms with van der Waals surface area (Å²) in [5.41, 5.74) is 0.739. The predicted molar refractivity (Wildman–Crippen MR) is 88.4 cm³/mol. The zero-order valence-corrected chi connectivity index (χ0v) is 14.6. The van der Waals surface area contributed by atoms with Gasteiger partial charge in [-0.1, -0.05) is 6.07 Å². The Bertz CT molecular complexity index is 637. The highest BCUT2D eigenvalue weighted by Gasteiger charge is 2.48. The van der Waals surface area contributed by atoms with Gasteiger partial charge in [0.1, 0.15) is 0 Å². The molecule has 6 nitrogen and oxygen atoms in total. The summed E-state index contributed by atoms with van der Waals surface area (Å²) in [4.78, 5) is 6.62. The van der Waals surface area contributed by atoms with Crippen molar-refractivity contribution in [3.8, 4) is 0 Å². The van der Waals surface area contributed by atoms with Gasteiger partial charge in [-0.15, -0.1) is 0 Å². The maximum absolute atomic E-state index is 12.0. The molecule has 0 radical (unpaired) electrons. The Hall–Kier alpha value is -1.02. The van der Waals surface area contributed by atoms with Crippen LogP contribution in [0.2, 0.25) is 0 Å². The lowest BCUT2D eigenvalue weighted by Gasteiger charge is -2.25. The second-order valence-electron chi connectivity index (χ2n) is 6.57. The van der Waals surface area contributed by atoms with Crippen molar-refractivity contribution >= 4 is 10.0 Å². The second-order valence-corrected chi connectivity index (χ2v) is 8.83. The smallest absolute Gasteiger partial charge is 0.213 e. The van der Waals surface area contributed by atoms with Gasteiger partial charge >= 0.3 is 0 Å². The maximum Gasteiger partial charge on any atom is 0.213 e. The Morgan fingerprint density at radius 2 is 2.30 bits per heavy atom. The average molecular weight is 339 g/mol. The molecule has 2 saturated heterocycles. The zero-order valence-electron chi connectivity index (χ0n) is 13.8. The molecule has 1 spiro atoms. The Labute approximate surface area is 138 Å². The molecule has 0 aromatic carbocycles. The van der Waals surface area contributed by atoms with Gasteiger partial charge in [0.05, 0.1) is 23.7 Å². The molecule has 0 amide bonds. The lowest BCUT2D eigenvalue weighted by atomic mass is 9.96. The van der Waals surface area contributed by atoms with Crippen LogP contribution in [-0.2, 0) is 21.3 Å². The normalized spacial score (nSPS) is 28.9. The highest BCUT2D eigenvalue weighted by molar-refractivity contribution is 7.89. The van der Waals surface area contributed by atoms with Gasteiger partial charge in [0, 0.05) is 31.9 Å². The molecule has 23 heavy (non-hydrogen) atoms. The number of sulfonamides is 1. The summed E-state index contributed by atoms with van der Waals surface area (Å²) < 4.78 is 31.8. The molecule has 0 unspecified atom stereocenters. The van der Waals surface area contributed by atoms with Crippen LogP contribution < -0.4 is 0 Å². The SMILES string of the molecule is CCS(=O)(=O)N1CC[C@]2(C[C@H](N(C)Cc3ccccn3)CO2)C1. The molecule has 2 atom stereocenters. The molecular weight excluding hydrogens is 314 g/mol. The first-order valence-electron chi connectivity index (χ1n) is 8.16. The summed E-state index contributed by atoms with van der Waals surface area (Å²) in [6, 6.07) is 6.24. The van der Waals surface area contributed by atoms with Crippen molar-refractivity contribution in [3.63, 3.8) is 0 Å². The van der Waals surface area contributed by atoms with Gasteiger partial charge in [0.25, 0.3) is 0 Å². The monoisotopic (exact) mass is 339 g/mol. The Kier molecular flexibility index (Phi) is 4.73. The third-order valence-corrected chi connectivity index (χ3v) is 6.82. The summed E-state index contributed by atoms with van der Waals surface area (Å²) in [6.45, 7) is 4.20. The number of hydrogen-bond donors (Lipinski definition) is 0. The zero-order chi connectivity index (χ0) is 16.5. The maximum atomic E-state index is 12.0. The average Bonchev–Trinajstić information content (AvgIpc) is 3.16. The number of aromatic nitrogens is 1. The summed E-state index contributed by atoms with van der Waals surface area (Å²) in [6.07, 6.45) is 3.48. The molecule has 128 valence electrons. The largest absolute Gasteiger partial charge is 0.372 e. The van der Waals surface area contributed by atoms with E-state index in [1.807, 2.05) is 18.2 Å². The fourth-order valence-corrected chi connectivity index (χ4v) is 4.66. The predicted octanol–water partition coefficient (Wildman–Crippen LogP) is 1.10. The minimum absolute atomic E-state index is 0.159. The van der Waals surface area contributed by atoms with Crippen molar-refractivity contribution in [1.82, 2.24) is 14.2 Å². The summed E-state index contributed by atoms with van der Waals surface area (Å²) in [7, 11) is -1.04. The van der Waals surface area contributed by atoms with Crippen molar-refractivity contribution in [1.29, 1.82) is 0 Å². The van der Waals surface area contributed by atoms with Crippen LogP contribution in [0.15, 0.2) is 24.4 Å². The molecule has 1 aromatic heterocycles. The fourth-order valence-electron chi connectivity index (χ4n) is 3.49. The van der Waals surface area contributed by atoms with Crippen molar-refractivity contribution in [2.45, 2.75) is 38.0 Å². The van der Waals surface area contributed by atoms with Crippen LogP contribution >= 0.6 is 0 Å². The van der Waals surface area contributed by atoms with E-state index in [4.69, 9.17) is 4.74 Å². The number of ether oxygens (including phenoxy) is 1. The lowest BCUT2D eigenvalue weighted by molar-refractivity contribution is 0.0153. The van der Waals surface area contributed by atoms with Gasteiger partial charge in [-0.2, -0.15) is 4.31 Å². The van der Waals surface area contributed by atoms with Crippen LogP contribution in [0.1, 0.15) is 25.5 Å². The lowest BCUT2D eigenvalue weighted by Crippen LogP contribution is -2.38. The number of pyridine rings is 1. The van der Waals surface area contributed by atoms with E-state index >= 15 is 0 Å². The standard InChI is InChI=1S/C16H25N3O3S/c1-3-23(20,21)19-9-7-16(13-19)10-15(12-22-16)18(2)11-14-6-4-5-8-17-14/h4-6,8,15H,3,7,9-13H2,1-2H3/t15-,16-/m0/s1. The first-order chi connectivity index (χ1) is 10.9. The van der Waals surface area contributed by atoms with Crippen molar-refractivity contribution < 1.29 is 13.2 Å². The van der Waals surface area contributed by atoms with E-state index in [1.54, 1.807) is 17.4 Å². The summed E-state index contributed by atoms with van der Waals surface area (Å²) in [5.74, 6) is 0.159. The third-order valence-electron chi connectivity index (χ3n) is 4.99. The van der Waals surface area contributed by atoms with Crippen molar-refractivity contribution in [3.05, 3.63) is 30.1 Å². The van der Waals surface area contributed by atoms with Gasteiger partial charge in [-0.25, -0.2) is 8.42 Å². The fraction of sp³-hybridized carbons (Fsp3) is 0.688. The van der Waals surface area contributed by atoms with E-state index < -0.39 is 10.0 Å². The van der Waals surface area contributed by atoms with E-state index in [0.717, 1.165) is 25.1 Å². The molecule has 7 heteroatoms. The van der Waals surface area contributed by atoms with E-state index in [-0.39, 0.29) is 11.4 Å². The molecule has 0 bridgehead atoms. The van der Waals surface area contributed by atoms with Crippen LogP contribution in [0.4, 0.5) is 0 Å². The first kappa shape index (κ1) is 16.8. The van der Waals surface area contributed by atoms with Crippen LogP contribution in [0.3, 0.4) is 0 Å². The molecule has 1 aromatic rings. The molecule has 2 aliphatic rings. The van der Waals surface area contributed by atoms with Gasteiger partial charge in [0.2, 0.25) is 10.0 Å². The second kappa shape index (κ2) is 6.47. The molecule has 3 rings (SSSR count). The molecule has 0 saturated carbocycles. The van der Waals surface area contributed by atoms with Crippen molar-refractivity contribution in [2.24, 2.45) is 0 Å². The van der Waals surface area contributed by atoms with Crippen LogP contribution in [0.25, 0.3) is 0 Å². The highest BCUT2D eigenvalue weighted by atomic mass is 32.2. The minimum atomic E-state index is -3.12. The van der Waals surface area contributed by atoms with E-state index in [2.05, 4.69) is 16.9 Å².